The quantitative estimate of drug-likeness (QED) is 0.518. The molecule has 2 aromatic carbocycles. The number of aryl methyl sites for hydroxylation is 1. The molecule has 0 fully saturated rings. The minimum atomic E-state index is -0.752. The molecule has 1 N–H and O–H groups in total. The highest BCUT2D eigenvalue weighted by Gasteiger charge is 2.22. The Balaban J connectivity index is 1.65. The van der Waals surface area contributed by atoms with E-state index in [2.05, 4.69) is 5.32 Å². The average Bonchev–Trinajstić information content (AvgIpc) is 3.06. The Morgan fingerprint density at radius 3 is 2.32 bits per heavy atom. The predicted molar refractivity (Wildman–Crippen MR) is 108 cm³/mol. The molecule has 5 nitrogen and oxygen atoms in total. The highest BCUT2D eigenvalue weighted by atomic mass is 19.1. The summed E-state index contributed by atoms with van der Waals surface area (Å²) in [5.41, 5.74) is 0.818. The van der Waals surface area contributed by atoms with Gasteiger partial charge in [0, 0.05) is 18.8 Å². The van der Waals surface area contributed by atoms with Crippen LogP contribution < -0.4 is 10.9 Å². The van der Waals surface area contributed by atoms with Gasteiger partial charge >= 0.3 is 0 Å². The number of aromatic nitrogens is 1. The zero-order valence-corrected chi connectivity index (χ0v) is 16.4. The zero-order chi connectivity index (χ0) is 22.1. The van der Waals surface area contributed by atoms with Crippen LogP contribution in [-0.2, 0) is 13.1 Å². The average molecular weight is 426 g/mol. The lowest BCUT2D eigenvalue weighted by Gasteiger charge is -2.08. The normalized spacial score (nSPS) is 11.1. The monoisotopic (exact) mass is 426 g/mol. The minimum absolute atomic E-state index is 0.0605. The molecular formula is C23H17F3N2O3. The number of fused-ring (bicyclic) bond motifs is 1. The zero-order valence-electron chi connectivity index (χ0n) is 16.4. The summed E-state index contributed by atoms with van der Waals surface area (Å²) in [6, 6.07) is 10.3. The second kappa shape index (κ2) is 8.14. The SMILES string of the molecule is Cc1oc2ccn(Cc3ccc(F)cc3)c(=O)c2c1C(=O)NCc1cc(F)cc(F)c1. The third kappa shape index (κ3) is 4.23. The highest BCUT2D eigenvalue weighted by molar-refractivity contribution is 6.06. The first kappa shape index (κ1) is 20.5. The summed E-state index contributed by atoms with van der Waals surface area (Å²) in [6.07, 6.45) is 1.54. The van der Waals surface area contributed by atoms with Crippen molar-refractivity contribution in [3.8, 4) is 0 Å². The molecule has 31 heavy (non-hydrogen) atoms. The van der Waals surface area contributed by atoms with Crippen LogP contribution in [-0.4, -0.2) is 10.5 Å². The number of amides is 1. The van der Waals surface area contributed by atoms with Crippen LogP contribution in [0.4, 0.5) is 13.2 Å². The van der Waals surface area contributed by atoms with Crippen molar-refractivity contribution in [2.24, 2.45) is 0 Å². The predicted octanol–water partition coefficient (Wildman–Crippen LogP) is 4.30. The summed E-state index contributed by atoms with van der Waals surface area (Å²) >= 11 is 0. The standard InChI is InChI=1S/C23H17F3N2O3/c1-13-20(22(29)27-11-15-8-17(25)10-18(26)9-15)21-19(31-13)6-7-28(23(21)30)12-14-2-4-16(24)5-3-14/h2-10H,11-12H2,1H3,(H,27,29). The Morgan fingerprint density at radius 1 is 0.968 bits per heavy atom. The van der Waals surface area contributed by atoms with Gasteiger partial charge in [0.2, 0.25) is 0 Å². The smallest absolute Gasteiger partial charge is 0.262 e. The van der Waals surface area contributed by atoms with Crippen LogP contribution in [0.5, 0.6) is 0 Å². The third-order valence-electron chi connectivity index (χ3n) is 4.86. The topological polar surface area (TPSA) is 64.2 Å². The van der Waals surface area contributed by atoms with Gasteiger partial charge in [-0.25, -0.2) is 13.2 Å². The second-order valence-electron chi connectivity index (χ2n) is 7.11. The Morgan fingerprint density at radius 2 is 1.65 bits per heavy atom. The van der Waals surface area contributed by atoms with Gasteiger partial charge in [0.25, 0.3) is 11.5 Å². The van der Waals surface area contributed by atoms with E-state index in [-0.39, 0.29) is 46.8 Å². The molecule has 0 aliphatic heterocycles. The Bertz CT molecular complexity index is 1320. The van der Waals surface area contributed by atoms with Crippen LogP contribution in [0, 0.1) is 24.4 Å². The Kier molecular flexibility index (Phi) is 5.37. The Labute approximate surface area is 174 Å². The van der Waals surface area contributed by atoms with E-state index in [9.17, 15) is 22.8 Å². The Hall–Kier alpha value is -3.81. The molecule has 0 radical (unpaired) electrons. The number of pyridine rings is 1. The van der Waals surface area contributed by atoms with Gasteiger partial charge in [-0.1, -0.05) is 12.1 Å². The molecule has 0 aliphatic carbocycles. The van der Waals surface area contributed by atoms with Crippen molar-refractivity contribution in [3.63, 3.8) is 0 Å². The molecule has 0 saturated carbocycles. The number of nitrogens with zero attached hydrogens (tertiary/aromatic N) is 1. The van der Waals surface area contributed by atoms with E-state index in [1.165, 1.54) is 22.9 Å². The molecule has 1 amide bonds. The third-order valence-corrected chi connectivity index (χ3v) is 4.86. The number of halogens is 3. The summed E-state index contributed by atoms with van der Waals surface area (Å²) in [5, 5.41) is 2.67. The van der Waals surface area contributed by atoms with Crippen LogP contribution in [0.2, 0.25) is 0 Å². The van der Waals surface area contributed by atoms with E-state index in [0.717, 1.165) is 18.2 Å². The number of benzene rings is 2. The molecule has 0 aliphatic rings. The number of rotatable bonds is 5. The molecule has 0 bridgehead atoms. The van der Waals surface area contributed by atoms with Gasteiger partial charge in [0.05, 0.1) is 17.5 Å². The van der Waals surface area contributed by atoms with Crippen molar-refractivity contribution in [2.75, 3.05) is 0 Å². The molecule has 2 aromatic heterocycles. The first-order valence-electron chi connectivity index (χ1n) is 9.42. The van der Waals surface area contributed by atoms with Crippen LogP contribution >= 0.6 is 0 Å². The fourth-order valence-corrected chi connectivity index (χ4v) is 3.43. The van der Waals surface area contributed by atoms with Crippen LogP contribution in [0.3, 0.4) is 0 Å². The number of hydrogen-bond donors (Lipinski definition) is 1. The van der Waals surface area contributed by atoms with Gasteiger partial charge in [-0.05, 0) is 48.4 Å². The van der Waals surface area contributed by atoms with E-state index in [1.54, 1.807) is 25.1 Å². The van der Waals surface area contributed by atoms with Crippen molar-refractivity contribution < 1.29 is 22.4 Å². The number of furan rings is 1. The summed E-state index contributed by atoms with van der Waals surface area (Å²) in [5.74, 6) is -2.24. The molecular weight excluding hydrogens is 409 g/mol. The van der Waals surface area contributed by atoms with Gasteiger partial charge in [-0.3, -0.25) is 9.59 Å². The summed E-state index contributed by atoms with van der Waals surface area (Å²) in [6.45, 7) is 1.61. The first-order valence-corrected chi connectivity index (χ1v) is 9.42. The van der Waals surface area contributed by atoms with Crippen molar-refractivity contribution in [3.05, 3.63) is 105 Å². The number of carbonyl (C=O) groups is 1. The number of hydrogen-bond acceptors (Lipinski definition) is 3. The lowest BCUT2D eigenvalue weighted by molar-refractivity contribution is 0.0950. The molecule has 8 heteroatoms. The fourth-order valence-electron chi connectivity index (χ4n) is 3.43. The molecule has 0 atom stereocenters. The van der Waals surface area contributed by atoms with Crippen molar-refractivity contribution in [1.82, 2.24) is 9.88 Å². The second-order valence-corrected chi connectivity index (χ2v) is 7.11. The van der Waals surface area contributed by atoms with Gasteiger partial charge in [-0.2, -0.15) is 0 Å². The van der Waals surface area contributed by atoms with Gasteiger partial charge in [0.15, 0.2) is 0 Å². The first-order chi connectivity index (χ1) is 14.8. The molecule has 2 heterocycles. The molecule has 4 rings (SSSR count). The largest absolute Gasteiger partial charge is 0.460 e. The number of carbonyl (C=O) groups excluding carboxylic acids is 1. The fraction of sp³-hybridized carbons (Fsp3) is 0.130. The van der Waals surface area contributed by atoms with E-state index in [1.807, 2.05) is 0 Å². The van der Waals surface area contributed by atoms with Crippen LogP contribution in [0.25, 0.3) is 11.0 Å². The summed E-state index contributed by atoms with van der Waals surface area (Å²) in [7, 11) is 0. The van der Waals surface area contributed by atoms with Crippen molar-refractivity contribution in [2.45, 2.75) is 20.0 Å². The van der Waals surface area contributed by atoms with E-state index in [0.29, 0.717) is 5.56 Å². The molecule has 4 aromatic rings. The molecule has 0 saturated heterocycles. The van der Waals surface area contributed by atoms with Gasteiger partial charge < -0.3 is 14.3 Å². The molecule has 0 spiro atoms. The number of nitrogens with one attached hydrogen (secondary N) is 1. The van der Waals surface area contributed by atoms with Gasteiger partial charge in [0.1, 0.15) is 28.8 Å². The minimum Gasteiger partial charge on any atom is -0.460 e. The maximum absolute atomic E-state index is 13.4. The van der Waals surface area contributed by atoms with Crippen LogP contribution in [0.15, 0.2) is 63.9 Å². The van der Waals surface area contributed by atoms with Crippen molar-refractivity contribution >= 4 is 16.9 Å². The summed E-state index contributed by atoms with van der Waals surface area (Å²) in [4.78, 5) is 25.8. The lowest BCUT2D eigenvalue weighted by atomic mass is 10.1. The van der Waals surface area contributed by atoms with E-state index in [4.69, 9.17) is 4.42 Å². The highest BCUT2D eigenvalue weighted by Crippen LogP contribution is 2.23. The van der Waals surface area contributed by atoms with E-state index < -0.39 is 23.1 Å². The van der Waals surface area contributed by atoms with Gasteiger partial charge in [-0.15, -0.1) is 0 Å². The lowest BCUT2D eigenvalue weighted by Crippen LogP contribution is -2.26. The van der Waals surface area contributed by atoms with Crippen LogP contribution in [0.1, 0.15) is 27.2 Å². The summed E-state index contributed by atoms with van der Waals surface area (Å²) < 4.78 is 46.8. The van der Waals surface area contributed by atoms with Crippen molar-refractivity contribution in [1.29, 1.82) is 0 Å². The maximum atomic E-state index is 13.4. The maximum Gasteiger partial charge on any atom is 0.262 e. The molecule has 158 valence electrons. The van der Waals surface area contributed by atoms with E-state index >= 15 is 0 Å². The molecule has 0 unspecified atom stereocenters.